The van der Waals surface area contributed by atoms with Gasteiger partial charge in [0.25, 0.3) is 0 Å². The topological polar surface area (TPSA) is 59.3 Å². The molecule has 0 saturated carbocycles. The normalized spacial score (nSPS) is 11.6. The Morgan fingerprint density at radius 1 is 0.889 bits per heavy atom. The molecule has 0 bridgehead atoms. The predicted octanol–water partition coefficient (Wildman–Crippen LogP) is 6.57. The molecule has 8 heteroatoms. The molecule has 5 aromatic rings. The number of carbonyl (C=O) groups excluding carboxylic acids is 1. The number of nitrogens with one attached hydrogen (secondary N) is 1. The molecule has 0 aliphatic heterocycles. The predicted molar refractivity (Wildman–Crippen MR) is 132 cm³/mol. The minimum Gasteiger partial charge on any atom is -0.326 e. The average Bonchev–Trinajstić information content (AvgIpc) is 3.28. The highest BCUT2D eigenvalue weighted by Gasteiger charge is 2.30. The van der Waals surface area contributed by atoms with E-state index in [1.807, 2.05) is 72.2 Å². The maximum absolute atomic E-state index is 12.9. The third-order valence-electron chi connectivity index (χ3n) is 5.85. The molecule has 0 saturated heterocycles. The van der Waals surface area contributed by atoms with Gasteiger partial charge in [0.2, 0.25) is 5.91 Å². The first-order valence-electron chi connectivity index (χ1n) is 11.2. The van der Waals surface area contributed by atoms with Gasteiger partial charge in [-0.3, -0.25) is 14.2 Å². The first-order chi connectivity index (χ1) is 17.3. The Balaban J connectivity index is 1.29. The van der Waals surface area contributed by atoms with Crippen molar-refractivity contribution < 1.29 is 18.0 Å². The van der Waals surface area contributed by atoms with Gasteiger partial charge in [0, 0.05) is 34.9 Å². The highest BCUT2D eigenvalue weighted by atomic mass is 19.4. The maximum Gasteiger partial charge on any atom is 0.416 e. The molecular weight excluding hydrogens is 465 g/mol. The standard InChI is InChI=1S/C28H21F3N4O/c1-18-5-8-22(16-32-18)21-11-12-35-25(17-33-26(35)14-21)20-9-6-19(7-10-20)13-27(36)34-24-4-2-3-23(15-24)28(29,30)31/h2-12,14-17H,13H2,1H3,(H,34,36). The number of aromatic nitrogens is 3. The van der Waals surface area contributed by atoms with E-state index in [4.69, 9.17) is 0 Å². The van der Waals surface area contributed by atoms with Crippen LogP contribution >= 0.6 is 0 Å². The number of anilines is 1. The molecule has 1 N–H and O–H groups in total. The van der Waals surface area contributed by atoms with E-state index in [0.29, 0.717) is 0 Å². The number of amides is 1. The van der Waals surface area contributed by atoms with E-state index in [2.05, 4.69) is 15.3 Å². The summed E-state index contributed by atoms with van der Waals surface area (Å²) >= 11 is 0. The molecule has 5 nitrogen and oxygen atoms in total. The number of nitrogens with zero attached hydrogens (tertiary/aromatic N) is 3. The van der Waals surface area contributed by atoms with E-state index in [1.165, 1.54) is 12.1 Å². The van der Waals surface area contributed by atoms with Crippen LogP contribution in [0.3, 0.4) is 0 Å². The summed E-state index contributed by atoms with van der Waals surface area (Å²) in [4.78, 5) is 21.3. The molecule has 0 atom stereocenters. The Labute approximate surface area is 205 Å². The summed E-state index contributed by atoms with van der Waals surface area (Å²) in [6.07, 6.45) is 1.17. The van der Waals surface area contributed by atoms with Crippen LogP contribution in [0.25, 0.3) is 28.0 Å². The van der Waals surface area contributed by atoms with Crippen LogP contribution in [0.5, 0.6) is 0 Å². The lowest BCUT2D eigenvalue weighted by molar-refractivity contribution is -0.137. The van der Waals surface area contributed by atoms with E-state index in [9.17, 15) is 18.0 Å². The van der Waals surface area contributed by atoms with Crippen molar-refractivity contribution in [1.29, 1.82) is 0 Å². The van der Waals surface area contributed by atoms with Crippen LogP contribution in [-0.4, -0.2) is 20.3 Å². The first kappa shape index (κ1) is 23.3. The van der Waals surface area contributed by atoms with Crippen molar-refractivity contribution in [2.24, 2.45) is 0 Å². The molecule has 0 aliphatic rings. The monoisotopic (exact) mass is 486 g/mol. The highest BCUT2D eigenvalue weighted by molar-refractivity contribution is 5.92. The van der Waals surface area contributed by atoms with Gasteiger partial charge in [0.1, 0.15) is 5.65 Å². The van der Waals surface area contributed by atoms with Gasteiger partial charge in [0.15, 0.2) is 0 Å². The van der Waals surface area contributed by atoms with Gasteiger partial charge in [-0.05, 0) is 54.4 Å². The lowest BCUT2D eigenvalue weighted by atomic mass is 10.1. The van der Waals surface area contributed by atoms with Crippen molar-refractivity contribution in [3.63, 3.8) is 0 Å². The van der Waals surface area contributed by atoms with Crippen molar-refractivity contribution in [1.82, 2.24) is 14.4 Å². The number of alkyl halides is 3. The average molecular weight is 486 g/mol. The maximum atomic E-state index is 12.9. The van der Waals surface area contributed by atoms with Gasteiger partial charge in [-0.15, -0.1) is 0 Å². The zero-order chi connectivity index (χ0) is 25.3. The molecule has 180 valence electrons. The van der Waals surface area contributed by atoms with Crippen LogP contribution < -0.4 is 5.32 Å². The van der Waals surface area contributed by atoms with Crippen molar-refractivity contribution in [3.8, 4) is 22.4 Å². The molecule has 0 fully saturated rings. The van der Waals surface area contributed by atoms with Crippen LogP contribution in [0.2, 0.25) is 0 Å². The second-order valence-electron chi connectivity index (χ2n) is 8.48. The minimum atomic E-state index is -4.46. The zero-order valence-electron chi connectivity index (χ0n) is 19.3. The summed E-state index contributed by atoms with van der Waals surface area (Å²) in [6.45, 7) is 1.95. The number of pyridine rings is 2. The number of hydrogen-bond acceptors (Lipinski definition) is 3. The van der Waals surface area contributed by atoms with E-state index in [1.54, 1.807) is 6.20 Å². The Bertz CT molecular complexity index is 1540. The van der Waals surface area contributed by atoms with E-state index < -0.39 is 17.6 Å². The number of imidazole rings is 1. The molecule has 0 spiro atoms. The van der Waals surface area contributed by atoms with Gasteiger partial charge in [-0.1, -0.05) is 36.4 Å². The third-order valence-corrected chi connectivity index (χ3v) is 5.85. The Morgan fingerprint density at radius 2 is 1.67 bits per heavy atom. The van der Waals surface area contributed by atoms with Crippen LogP contribution in [-0.2, 0) is 17.4 Å². The summed E-state index contributed by atoms with van der Waals surface area (Å²) in [7, 11) is 0. The molecule has 3 heterocycles. The second kappa shape index (κ2) is 9.30. The van der Waals surface area contributed by atoms with Gasteiger partial charge in [0.05, 0.1) is 23.9 Å². The number of hydrogen-bond donors (Lipinski definition) is 1. The Hall–Kier alpha value is -4.46. The van der Waals surface area contributed by atoms with E-state index >= 15 is 0 Å². The smallest absolute Gasteiger partial charge is 0.326 e. The molecule has 0 unspecified atom stereocenters. The van der Waals surface area contributed by atoms with Gasteiger partial charge < -0.3 is 5.32 Å². The SMILES string of the molecule is Cc1ccc(-c2ccn3c(-c4ccc(CC(=O)Nc5cccc(C(F)(F)F)c5)cc4)cnc3c2)cn1. The van der Waals surface area contributed by atoms with Crippen LogP contribution in [0, 0.1) is 6.92 Å². The molecule has 0 aliphatic carbocycles. The number of aryl methyl sites for hydroxylation is 1. The molecule has 3 aromatic heterocycles. The molecule has 5 rings (SSSR count). The largest absolute Gasteiger partial charge is 0.416 e. The summed E-state index contributed by atoms with van der Waals surface area (Å²) in [5, 5.41) is 2.53. The lowest BCUT2D eigenvalue weighted by Crippen LogP contribution is -2.15. The lowest BCUT2D eigenvalue weighted by Gasteiger charge is -2.10. The van der Waals surface area contributed by atoms with Gasteiger partial charge >= 0.3 is 6.18 Å². The summed E-state index contributed by atoms with van der Waals surface area (Å²) in [6, 6.07) is 20.0. The number of fused-ring (bicyclic) bond motifs is 1. The summed E-state index contributed by atoms with van der Waals surface area (Å²) in [5.41, 5.74) is 5.67. The van der Waals surface area contributed by atoms with Crippen molar-refractivity contribution in [3.05, 3.63) is 108 Å². The van der Waals surface area contributed by atoms with Crippen molar-refractivity contribution in [2.45, 2.75) is 19.5 Å². The molecule has 2 aromatic carbocycles. The van der Waals surface area contributed by atoms with Crippen LogP contribution in [0.4, 0.5) is 18.9 Å². The minimum absolute atomic E-state index is 0.0393. The summed E-state index contributed by atoms with van der Waals surface area (Å²) < 4.78 is 40.7. The fourth-order valence-electron chi connectivity index (χ4n) is 3.97. The Morgan fingerprint density at radius 3 is 2.39 bits per heavy atom. The molecule has 1 amide bonds. The molecule has 36 heavy (non-hydrogen) atoms. The van der Waals surface area contributed by atoms with Crippen molar-refractivity contribution >= 4 is 17.2 Å². The van der Waals surface area contributed by atoms with Gasteiger partial charge in [-0.2, -0.15) is 13.2 Å². The number of benzene rings is 2. The number of halogens is 3. The quantitative estimate of drug-likeness (QED) is 0.306. The number of rotatable bonds is 5. The van der Waals surface area contributed by atoms with Crippen LogP contribution in [0.15, 0.2) is 91.4 Å². The third kappa shape index (κ3) is 4.98. The fourth-order valence-corrected chi connectivity index (χ4v) is 3.97. The molecular formula is C28H21F3N4O. The summed E-state index contributed by atoms with van der Waals surface area (Å²) in [5.74, 6) is -0.394. The fraction of sp³-hybridized carbons (Fsp3) is 0.107. The van der Waals surface area contributed by atoms with Gasteiger partial charge in [-0.25, -0.2) is 4.98 Å². The number of carbonyl (C=O) groups is 1. The highest BCUT2D eigenvalue weighted by Crippen LogP contribution is 2.31. The zero-order valence-corrected chi connectivity index (χ0v) is 19.3. The van der Waals surface area contributed by atoms with Crippen LogP contribution in [0.1, 0.15) is 16.8 Å². The Kier molecular flexibility index (Phi) is 6.01. The second-order valence-corrected chi connectivity index (χ2v) is 8.48. The van der Waals surface area contributed by atoms with Crippen molar-refractivity contribution in [2.75, 3.05) is 5.32 Å². The van der Waals surface area contributed by atoms with E-state index in [-0.39, 0.29) is 12.1 Å². The first-order valence-corrected chi connectivity index (χ1v) is 11.2. The van der Waals surface area contributed by atoms with E-state index in [0.717, 1.165) is 51.4 Å². The molecule has 0 radical (unpaired) electrons.